The van der Waals surface area contributed by atoms with E-state index in [9.17, 15) is 9.59 Å². The molecule has 0 aromatic carbocycles. The van der Waals surface area contributed by atoms with Gasteiger partial charge in [0.1, 0.15) is 11.3 Å². The molecule has 0 radical (unpaired) electrons. The Kier molecular flexibility index (Phi) is 6.56. The summed E-state index contributed by atoms with van der Waals surface area (Å²) in [7, 11) is 2.81. The van der Waals surface area contributed by atoms with Gasteiger partial charge in [-0.25, -0.2) is 4.79 Å². The Morgan fingerprint density at radius 3 is 2.59 bits per heavy atom. The van der Waals surface area contributed by atoms with Crippen molar-refractivity contribution in [2.24, 2.45) is 0 Å². The van der Waals surface area contributed by atoms with E-state index >= 15 is 0 Å². The van der Waals surface area contributed by atoms with Crippen molar-refractivity contribution in [3.63, 3.8) is 0 Å². The molecule has 1 heterocycles. The number of ketones is 1. The minimum atomic E-state index is -1.19. The molecule has 5 nitrogen and oxygen atoms in total. The van der Waals surface area contributed by atoms with Crippen molar-refractivity contribution in [2.75, 3.05) is 14.2 Å². The second kappa shape index (κ2) is 7.94. The summed E-state index contributed by atoms with van der Waals surface area (Å²) in [6.07, 6.45) is 8.26. The Morgan fingerprint density at radius 2 is 2.05 bits per heavy atom. The lowest BCUT2D eigenvalue weighted by atomic mass is 9.95. The molecule has 0 aromatic rings. The van der Waals surface area contributed by atoms with Crippen LogP contribution in [0.2, 0.25) is 0 Å². The number of Topliss-reactive ketones (excluding diaryl/α,β-unsaturated/α-hetero) is 1. The number of ether oxygens (including phenoxy) is 3. The number of carbonyl (C=O) groups excluding carboxylic acids is 2. The van der Waals surface area contributed by atoms with Gasteiger partial charge in [0.2, 0.25) is 5.78 Å². The third kappa shape index (κ3) is 4.07. The van der Waals surface area contributed by atoms with Gasteiger partial charge in [0.15, 0.2) is 5.60 Å². The van der Waals surface area contributed by atoms with Gasteiger partial charge < -0.3 is 14.2 Å². The fourth-order valence-electron chi connectivity index (χ4n) is 2.09. The minimum absolute atomic E-state index is 0.0296. The Bertz CT molecular complexity index is 515. The first-order valence-electron chi connectivity index (χ1n) is 7.32. The van der Waals surface area contributed by atoms with Gasteiger partial charge in [0.25, 0.3) is 0 Å². The Morgan fingerprint density at radius 1 is 1.36 bits per heavy atom. The van der Waals surface area contributed by atoms with Crippen LogP contribution in [0.1, 0.15) is 33.6 Å². The topological polar surface area (TPSA) is 61.8 Å². The van der Waals surface area contributed by atoms with E-state index in [-0.39, 0.29) is 17.5 Å². The van der Waals surface area contributed by atoms with E-state index in [4.69, 9.17) is 14.2 Å². The first-order valence-corrected chi connectivity index (χ1v) is 7.32. The molecule has 122 valence electrons. The lowest BCUT2D eigenvalue weighted by Gasteiger charge is -2.20. The van der Waals surface area contributed by atoms with E-state index in [0.717, 1.165) is 6.42 Å². The van der Waals surface area contributed by atoms with Gasteiger partial charge in [0, 0.05) is 13.5 Å². The van der Waals surface area contributed by atoms with E-state index in [2.05, 4.69) is 0 Å². The smallest absolute Gasteiger partial charge is 0.345 e. The molecular weight excluding hydrogens is 284 g/mol. The van der Waals surface area contributed by atoms with Crippen molar-refractivity contribution < 1.29 is 23.8 Å². The molecule has 0 aliphatic carbocycles. The van der Waals surface area contributed by atoms with Crippen LogP contribution in [0.25, 0.3) is 0 Å². The molecular formula is C17H24O5. The Balaban J connectivity index is 3.07. The van der Waals surface area contributed by atoms with Gasteiger partial charge in [-0.15, -0.1) is 0 Å². The third-order valence-corrected chi connectivity index (χ3v) is 3.45. The van der Waals surface area contributed by atoms with E-state index in [1.165, 1.54) is 7.11 Å². The van der Waals surface area contributed by atoms with Gasteiger partial charge in [-0.05, 0) is 26.3 Å². The van der Waals surface area contributed by atoms with E-state index < -0.39 is 11.6 Å². The van der Waals surface area contributed by atoms with Gasteiger partial charge in [-0.2, -0.15) is 0 Å². The molecule has 1 aliphatic heterocycles. The highest BCUT2D eigenvalue weighted by Gasteiger charge is 2.47. The molecule has 0 saturated carbocycles. The second-order valence-corrected chi connectivity index (χ2v) is 5.27. The fraction of sp³-hybridized carbons (Fsp3) is 0.529. The normalized spacial score (nSPS) is 23.4. The first-order chi connectivity index (χ1) is 10.4. The first kappa shape index (κ1) is 18.2. The van der Waals surface area contributed by atoms with Crippen LogP contribution in [0.5, 0.6) is 0 Å². The van der Waals surface area contributed by atoms with Crippen molar-refractivity contribution >= 4 is 11.8 Å². The van der Waals surface area contributed by atoms with Crippen molar-refractivity contribution in [3.05, 3.63) is 35.6 Å². The summed E-state index contributed by atoms with van der Waals surface area (Å²) in [5, 5.41) is 0. The van der Waals surface area contributed by atoms with E-state index in [0.29, 0.717) is 12.2 Å². The number of carbonyl (C=O) groups is 2. The molecule has 1 rings (SSSR count). The molecule has 5 heteroatoms. The summed E-state index contributed by atoms with van der Waals surface area (Å²) in [6.45, 7) is 5.49. The van der Waals surface area contributed by atoms with Crippen LogP contribution in [-0.4, -0.2) is 37.7 Å². The van der Waals surface area contributed by atoms with Crippen molar-refractivity contribution in [1.82, 2.24) is 0 Å². The highest BCUT2D eigenvalue weighted by atomic mass is 16.5. The third-order valence-electron chi connectivity index (χ3n) is 3.45. The number of rotatable bonds is 7. The maximum absolute atomic E-state index is 12.6. The van der Waals surface area contributed by atoms with Gasteiger partial charge in [-0.3, -0.25) is 4.79 Å². The fourth-order valence-corrected chi connectivity index (χ4v) is 2.09. The van der Waals surface area contributed by atoms with Gasteiger partial charge >= 0.3 is 5.97 Å². The molecule has 22 heavy (non-hydrogen) atoms. The largest absolute Gasteiger partial charge is 0.478 e. The van der Waals surface area contributed by atoms with Crippen molar-refractivity contribution in [3.8, 4) is 0 Å². The molecule has 0 aromatic heterocycles. The summed E-state index contributed by atoms with van der Waals surface area (Å²) in [5.41, 5.74) is -1.22. The molecule has 0 spiro atoms. The van der Waals surface area contributed by atoms with Crippen molar-refractivity contribution in [1.29, 1.82) is 0 Å². The summed E-state index contributed by atoms with van der Waals surface area (Å²) in [4.78, 5) is 24.5. The lowest BCUT2D eigenvalue weighted by Crippen LogP contribution is -2.33. The summed E-state index contributed by atoms with van der Waals surface area (Å²) >= 11 is 0. The van der Waals surface area contributed by atoms with Crippen LogP contribution in [0.15, 0.2) is 35.6 Å². The second-order valence-electron chi connectivity index (χ2n) is 5.27. The molecule has 0 bridgehead atoms. The summed E-state index contributed by atoms with van der Waals surface area (Å²) < 4.78 is 15.7. The average molecular weight is 308 g/mol. The molecule has 2 atom stereocenters. The minimum Gasteiger partial charge on any atom is -0.478 e. The SMILES string of the molecule is CC/C=C/C=C/C1(C)OC(CC(C)OC)=C(C(=O)OC)C1=O. The number of allylic oxidation sites excluding steroid dienone is 3. The molecule has 1 aliphatic rings. The molecule has 0 saturated heterocycles. The average Bonchev–Trinajstić information content (AvgIpc) is 2.74. The molecule has 0 amide bonds. The van der Waals surface area contributed by atoms with E-state index in [1.807, 2.05) is 26.0 Å². The predicted molar refractivity (Wildman–Crippen MR) is 83.2 cm³/mol. The zero-order chi connectivity index (χ0) is 16.8. The van der Waals surface area contributed by atoms with Crippen LogP contribution in [0.3, 0.4) is 0 Å². The quantitative estimate of drug-likeness (QED) is 0.411. The van der Waals surface area contributed by atoms with Gasteiger partial charge in [-0.1, -0.05) is 25.2 Å². The zero-order valence-corrected chi connectivity index (χ0v) is 13.8. The number of hydrogen-bond donors (Lipinski definition) is 0. The Hall–Kier alpha value is -1.88. The van der Waals surface area contributed by atoms with Crippen molar-refractivity contribution in [2.45, 2.75) is 45.3 Å². The monoisotopic (exact) mass is 308 g/mol. The number of methoxy groups -OCH3 is 2. The van der Waals surface area contributed by atoms with Crippen LogP contribution in [0.4, 0.5) is 0 Å². The number of hydrogen-bond acceptors (Lipinski definition) is 5. The zero-order valence-electron chi connectivity index (χ0n) is 13.8. The molecule has 0 N–H and O–H groups in total. The van der Waals surface area contributed by atoms with Gasteiger partial charge in [0.05, 0.1) is 13.2 Å². The molecule has 0 fully saturated rings. The van der Waals surface area contributed by atoms with Crippen LogP contribution >= 0.6 is 0 Å². The standard InChI is InChI=1S/C17H24O5/c1-6-7-8-9-10-17(3)15(18)14(16(19)21-5)13(22-17)11-12(2)20-4/h7-10,12H,6,11H2,1-5H3/b8-7+,10-9+. The Labute approximate surface area is 131 Å². The summed E-state index contributed by atoms with van der Waals surface area (Å²) in [5.74, 6) is -0.749. The summed E-state index contributed by atoms with van der Waals surface area (Å²) in [6, 6.07) is 0. The maximum Gasteiger partial charge on any atom is 0.345 e. The van der Waals surface area contributed by atoms with Crippen LogP contribution in [0, 0.1) is 0 Å². The lowest BCUT2D eigenvalue weighted by molar-refractivity contribution is -0.138. The maximum atomic E-state index is 12.6. The number of esters is 1. The highest BCUT2D eigenvalue weighted by Crippen LogP contribution is 2.35. The molecule has 2 unspecified atom stereocenters. The van der Waals surface area contributed by atoms with E-state index in [1.54, 1.807) is 26.2 Å². The predicted octanol–water partition coefficient (Wildman–Crippen LogP) is 2.72. The highest BCUT2D eigenvalue weighted by molar-refractivity contribution is 6.22. The van der Waals surface area contributed by atoms with Crippen LogP contribution < -0.4 is 0 Å². The van der Waals surface area contributed by atoms with Crippen LogP contribution in [-0.2, 0) is 23.8 Å².